The summed E-state index contributed by atoms with van der Waals surface area (Å²) in [5.41, 5.74) is 3.47. The zero-order chi connectivity index (χ0) is 17.3. The molecule has 0 bridgehead atoms. The number of anilines is 1. The molecule has 0 saturated carbocycles. The van der Waals surface area contributed by atoms with Crippen LogP contribution in [0.15, 0.2) is 30.3 Å². The number of nitrogens with one attached hydrogen (secondary N) is 1. The molecular formula is C18H24N4O2. The van der Waals surface area contributed by atoms with Gasteiger partial charge in [0.25, 0.3) is 0 Å². The Bertz CT molecular complexity index is 726. The summed E-state index contributed by atoms with van der Waals surface area (Å²) in [5, 5.41) is 7.61. The second-order valence-electron chi connectivity index (χ2n) is 6.37. The maximum atomic E-state index is 12.7. The van der Waals surface area contributed by atoms with Crippen LogP contribution in [0.1, 0.15) is 25.2 Å². The Hall–Kier alpha value is -2.34. The number of urea groups is 1. The van der Waals surface area contributed by atoms with Crippen molar-refractivity contribution < 1.29 is 9.53 Å². The minimum atomic E-state index is -0.100. The number of ether oxygens (including phenoxy) is 1. The van der Waals surface area contributed by atoms with Gasteiger partial charge in [0.15, 0.2) is 0 Å². The van der Waals surface area contributed by atoms with E-state index in [2.05, 4.69) is 10.4 Å². The first-order valence-electron chi connectivity index (χ1n) is 8.28. The van der Waals surface area contributed by atoms with Crippen molar-refractivity contribution in [3.8, 4) is 5.69 Å². The second-order valence-corrected chi connectivity index (χ2v) is 6.37. The minimum absolute atomic E-state index is 0.0567. The van der Waals surface area contributed by atoms with Gasteiger partial charge in [0.05, 0.1) is 41.5 Å². The Morgan fingerprint density at radius 3 is 2.67 bits per heavy atom. The van der Waals surface area contributed by atoms with E-state index in [0.29, 0.717) is 13.2 Å². The van der Waals surface area contributed by atoms with Gasteiger partial charge < -0.3 is 15.0 Å². The molecule has 0 unspecified atom stereocenters. The predicted octanol–water partition coefficient (Wildman–Crippen LogP) is 3.13. The topological polar surface area (TPSA) is 59.4 Å². The zero-order valence-corrected chi connectivity index (χ0v) is 14.6. The molecule has 2 amide bonds. The Morgan fingerprint density at radius 2 is 1.96 bits per heavy atom. The van der Waals surface area contributed by atoms with Gasteiger partial charge in [-0.05, 0) is 39.8 Å². The van der Waals surface area contributed by atoms with E-state index in [9.17, 15) is 4.79 Å². The molecule has 6 nitrogen and oxygen atoms in total. The lowest BCUT2D eigenvalue weighted by atomic mass is 10.2. The first-order valence-corrected chi connectivity index (χ1v) is 8.28. The Kier molecular flexibility index (Phi) is 4.57. The van der Waals surface area contributed by atoms with Crippen molar-refractivity contribution in [2.24, 2.45) is 0 Å². The van der Waals surface area contributed by atoms with E-state index >= 15 is 0 Å². The van der Waals surface area contributed by atoms with Crippen molar-refractivity contribution in [1.29, 1.82) is 0 Å². The number of morpholine rings is 1. The average Bonchev–Trinajstić information content (AvgIpc) is 2.86. The van der Waals surface area contributed by atoms with Gasteiger partial charge in [0.2, 0.25) is 0 Å². The number of nitrogens with zero attached hydrogens (tertiary/aromatic N) is 3. The van der Waals surface area contributed by atoms with E-state index in [1.807, 2.05) is 67.6 Å². The van der Waals surface area contributed by atoms with Crippen LogP contribution >= 0.6 is 0 Å². The number of benzene rings is 1. The third-order valence-electron chi connectivity index (χ3n) is 4.39. The van der Waals surface area contributed by atoms with Gasteiger partial charge in [-0.25, -0.2) is 9.48 Å². The molecule has 2 aromatic rings. The average molecular weight is 328 g/mol. The molecule has 1 N–H and O–H groups in total. The van der Waals surface area contributed by atoms with Gasteiger partial charge in [-0.15, -0.1) is 0 Å². The smallest absolute Gasteiger partial charge is 0.322 e. The van der Waals surface area contributed by atoms with E-state index in [4.69, 9.17) is 4.74 Å². The molecule has 6 heteroatoms. The number of hydrogen-bond acceptors (Lipinski definition) is 3. The number of rotatable bonds is 2. The summed E-state index contributed by atoms with van der Waals surface area (Å²) in [6.45, 7) is 9.02. The summed E-state index contributed by atoms with van der Waals surface area (Å²) >= 11 is 0. The quantitative estimate of drug-likeness (QED) is 0.921. The minimum Gasteiger partial charge on any atom is -0.375 e. The van der Waals surface area contributed by atoms with Crippen LogP contribution in [0.2, 0.25) is 0 Å². The molecule has 24 heavy (non-hydrogen) atoms. The van der Waals surface area contributed by atoms with Gasteiger partial charge in [-0.3, -0.25) is 0 Å². The van der Waals surface area contributed by atoms with Crippen molar-refractivity contribution in [1.82, 2.24) is 14.7 Å². The highest BCUT2D eigenvalue weighted by Crippen LogP contribution is 2.24. The normalized spacial score (nSPS) is 20.9. The number of carbonyl (C=O) groups is 1. The van der Waals surface area contributed by atoms with Gasteiger partial charge in [0.1, 0.15) is 0 Å². The Balaban J connectivity index is 1.83. The van der Waals surface area contributed by atoms with Crippen molar-refractivity contribution in [2.45, 2.75) is 39.8 Å². The van der Waals surface area contributed by atoms with Crippen LogP contribution in [-0.4, -0.2) is 46.0 Å². The summed E-state index contributed by atoms with van der Waals surface area (Å²) in [4.78, 5) is 14.5. The fraction of sp³-hybridized carbons (Fsp3) is 0.444. The zero-order valence-electron chi connectivity index (χ0n) is 14.6. The van der Waals surface area contributed by atoms with Gasteiger partial charge in [0, 0.05) is 6.54 Å². The van der Waals surface area contributed by atoms with Crippen molar-refractivity contribution in [2.75, 3.05) is 18.5 Å². The molecule has 3 rings (SSSR count). The van der Waals surface area contributed by atoms with Crippen LogP contribution in [0.4, 0.5) is 10.5 Å². The third kappa shape index (κ3) is 3.14. The van der Waals surface area contributed by atoms with E-state index in [0.717, 1.165) is 22.8 Å². The molecule has 0 radical (unpaired) electrons. The van der Waals surface area contributed by atoms with Crippen LogP contribution < -0.4 is 5.32 Å². The number of carbonyl (C=O) groups excluding carboxylic acids is 1. The molecule has 0 aliphatic carbocycles. The van der Waals surface area contributed by atoms with Gasteiger partial charge >= 0.3 is 6.03 Å². The van der Waals surface area contributed by atoms with Crippen molar-refractivity contribution in [3.05, 3.63) is 41.7 Å². The molecule has 1 saturated heterocycles. The largest absolute Gasteiger partial charge is 0.375 e. The van der Waals surface area contributed by atoms with E-state index in [-0.39, 0.29) is 18.2 Å². The molecule has 2 heterocycles. The molecular weight excluding hydrogens is 304 g/mol. The molecule has 1 fully saturated rings. The monoisotopic (exact) mass is 328 g/mol. The second kappa shape index (κ2) is 6.65. The van der Waals surface area contributed by atoms with Crippen LogP contribution in [0.5, 0.6) is 0 Å². The molecule has 1 aromatic carbocycles. The number of amides is 2. The lowest BCUT2D eigenvalue weighted by Crippen LogP contribution is -2.51. The van der Waals surface area contributed by atoms with Crippen molar-refractivity contribution >= 4 is 11.7 Å². The molecule has 0 spiro atoms. The summed E-state index contributed by atoms with van der Waals surface area (Å²) in [7, 11) is 0. The maximum absolute atomic E-state index is 12.7. The number of aryl methyl sites for hydroxylation is 1. The van der Waals surface area contributed by atoms with Crippen LogP contribution in [0, 0.1) is 13.8 Å². The number of hydrogen-bond donors (Lipinski definition) is 1. The predicted molar refractivity (Wildman–Crippen MR) is 93.6 cm³/mol. The number of para-hydroxylation sites is 1. The third-order valence-corrected chi connectivity index (χ3v) is 4.39. The molecule has 2 atom stereocenters. The SMILES string of the molecule is Cc1nn(-c2ccccc2)c(C)c1NC(=O)N1C[C@@H](C)OC[C@H]1C. The van der Waals surface area contributed by atoms with Gasteiger partial charge in [-0.2, -0.15) is 5.10 Å². The molecule has 1 aliphatic rings. The number of aromatic nitrogens is 2. The standard InChI is InChI=1S/C18H24N4O2/c1-12-11-24-13(2)10-21(12)18(23)19-17-14(3)20-22(15(17)4)16-8-6-5-7-9-16/h5-9,12-13H,10-11H2,1-4H3,(H,19,23)/t12-,13-/m1/s1. The Labute approximate surface area is 142 Å². The fourth-order valence-corrected chi connectivity index (χ4v) is 3.01. The Morgan fingerprint density at radius 1 is 1.25 bits per heavy atom. The molecule has 128 valence electrons. The molecule has 1 aromatic heterocycles. The molecule has 1 aliphatic heterocycles. The summed E-state index contributed by atoms with van der Waals surface area (Å²) in [6, 6.07) is 9.87. The maximum Gasteiger partial charge on any atom is 0.322 e. The van der Waals surface area contributed by atoms with Gasteiger partial charge in [-0.1, -0.05) is 18.2 Å². The highest BCUT2D eigenvalue weighted by molar-refractivity contribution is 5.91. The van der Waals surface area contributed by atoms with Crippen molar-refractivity contribution in [3.63, 3.8) is 0 Å². The van der Waals surface area contributed by atoms with Crippen LogP contribution in [-0.2, 0) is 4.74 Å². The van der Waals surface area contributed by atoms with E-state index in [1.165, 1.54) is 0 Å². The highest BCUT2D eigenvalue weighted by Gasteiger charge is 2.28. The van der Waals surface area contributed by atoms with Crippen LogP contribution in [0.3, 0.4) is 0 Å². The van der Waals surface area contributed by atoms with Crippen LogP contribution in [0.25, 0.3) is 5.69 Å². The lowest BCUT2D eigenvalue weighted by molar-refractivity contribution is -0.0296. The lowest BCUT2D eigenvalue weighted by Gasteiger charge is -2.36. The highest BCUT2D eigenvalue weighted by atomic mass is 16.5. The first kappa shape index (κ1) is 16.5. The fourth-order valence-electron chi connectivity index (χ4n) is 3.01. The van der Waals surface area contributed by atoms with E-state index in [1.54, 1.807) is 0 Å². The summed E-state index contributed by atoms with van der Waals surface area (Å²) in [6.07, 6.45) is 0.0567. The summed E-state index contributed by atoms with van der Waals surface area (Å²) < 4.78 is 7.45. The van der Waals surface area contributed by atoms with E-state index < -0.39 is 0 Å². The summed E-state index contributed by atoms with van der Waals surface area (Å²) in [5.74, 6) is 0. The first-order chi connectivity index (χ1) is 11.5.